The van der Waals surface area contributed by atoms with Crippen molar-refractivity contribution in [1.82, 2.24) is 15.1 Å². The Hall–Kier alpha value is -3.84. The molecule has 2 heterocycles. The summed E-state index contributed by atoms with van der Waals surface area (Å²) in [6.45, 7) is 2.50. The van der Waals surface area contributed by atoms with Crippen molar-refractivity contribution in [3.05, 3.63) is 106 Å². The first-order valence-corrected chi connectivity index (χ1v) is 10.4. The number of aromatic nitrogens is 2. The molecule has 0 saturated heterocycles. The van der Waals surface area contributed by atoms with Gasteiger partial charge in [0.15, 0.2) is 5.76 Å². The fourth-order valence-corrected chi connectivity index (χ4v) is 3.62. The van der Waals surface area contributed by atoms with Gasteiger partial charge >= 0.3 is 0 Å². The van der Waals surface area contributed by atoms with Gasteiger partial charge in [0.05, 0.1) is 24.1 Å². The first-order chi connectivity index (χ1) is 15.5. The monoisotopic (exact) mass is 448 g/mol. The minimum absolute atomic E-state index is 0.223. The predicted octanol–water partition coefficient (Wildman–Crippen LogP) is 4.67. The number of carbonyl (C=O) groups excluding carboxylic acids is 2. The Balaban J connectivity index is 1.41. The van der Waals surface area contributed by atoms with Gasteiger partial charge in [-0.05, 0) is 42.3 Å². The molecule has 4 rings (SSSR count). The number of nitrogens with one attached hydrogen (secondary N) is 2. The first kappa shape index (κ1) is 21.4. The van der Waals surface area contributed by atoms with Crippen LogP contribution in [-0.2, 0) is 13.1 Å². The first-order valence-electron chi connectivity index (χ1n) is 10.00. The number of hydrogen-bond donors (Lipinski definition) is 2. The molecule has 4 aromatic rings. The molecular weight excluding hydrogens is 428 g/mol. The van der Waals surface area contributed by atoms with Crippen molar-refractivity contribution < 1.29 is 14.0 Å². The van der Waals surface area contributed by atoms with Gasteiger partial charge in [-0.15, -0.1) is 0 Å². The maximum Gasteiger partial charge on any atom is 0.291 e. The second kappa shape index (κ2) is 9.53. The number of halogens is 1. The summed E-state index contributed by atoms with van der Waals surface area (Å²) < 4.78 is 6.72. The second-order valence-corrected chi connectivity index (χ2v) is 7.57. The van der Waals surface area contributed by atoms with Crippen molar-refractivity contribution in [1.29, 1.82) is 0 Å². The number of furan rings is 1. The van der Waals surface area contributed by atoms with Crippen LogP contribution in [0.2, 0.25) is 5.15 Å². The third-order valence-corrected chi connectivity index (χ3v) is 5.23. The van der Waals surface area contributed by atoms with Gasteiger partial charge in [0.1, 0.15) is 5.15 Å². The van der Waals surface area contributed by atoms with E-state index in [9.17, 15) is 9.59 Å². The highest BCUT2D eigenvalue weighted by molar-refractivity contribution is 6.33. The predicted molar refractivity (Wildman–Crippen MR) is 122 cm³/mol. The van der Waals surface area contributed by atoms with Gasteiger partial charge in [0.2, 0.25) is 0 Å². The number of nitrogens with zero attached hydrogens (tertiary/aromatic N) is 2. The van der Waals surface area contributed by atoms with Crippen LogP contribution < -0.4 is 10.6 Å². The van der Waals surface area contributed by atoms with Crippen molar-refractivity contribution >= 4 is 29.1 Å². The number of amides is 2. The van der Waals surface area contributed by atoms with E-state index in [0.717, 1.165) is 11.1 Å². The normalized spacial score (nSPS) is 10.7. The Labute approximate surface area is 190 Å². The average Bonchev–Trinajstić information content (AvgIpc) is 3.42. The Bertz CT molecular complexity index is 1230. The Kier molecular flexibility index (Phi) is 6.37. The molecule has 0 saturated carbocycles. The maximum absolute atomic E-state index is 12.8. The molecule has 0 fully saturated rings. The largest absolute Gasteiger partial charge is 0.459 e. The SMILES string of the molecule is Cc1nn(Cc2ccccc2)c(Cl)c1C(=O)NCc1cccc(NC(=O)c2ccco2)c1. The number of rotatable bonds is 7. The maximum atomic E-state index is 12.8. The molecule has 2 aromatic heterocycles. The zero-order valence-corrected chi connectivity index (χ0v) is 18.1. The standard InChI is InChI=1S/C24H21ClN4O3/c1-16-21(22(25)29(28-16)15-17-7-3-2-4-8-17)24(31)26-14-18-9-5-10-19(13-18)27-23(30)20-11-6-12-32-20/h2-13H,14-15H2,1H3,(H,26,31)(H,27,30). The van der Waals surface area contributed by atoms with Crippen LogP contribution in [0.4, 0.5) is 5.69 Å². The fourth-order valence-electron chi connectivity index (χ4n) is 3.30. The number of aryl methyl sites for hydroxylation is 1. The van der Waals surface area contributed by atoms with Crippen molar-refractivity contribution in [3.8, 4) is 0 Å². The summed E-state index contributed by atoms with van der Waals surface area (Å²) in [5, 5.41) is 10.4. The van der Waals surface area contributed by atoms with Crippen LogP contribution in [0.5, 0.6) is 0 Å². The topological polar surface area (TPSA) is 89.2 Å². The molecule has 0 bridgehead atoms. The number of benzene rings is 2. The lowest BCUT2D eigenvalue weighted by Crippen LogP contribution is -2.23. The van der Waals surface area contributed by atoms with Crippen molar-refractivity contribution in [2.75, 3.05) is 5.32 Å². The summed E-state index contributed by atoms with van der Waals surface area (Å²) in [6.07, 6.45) is 1.44. The third-order valence-electron chi connectivity index (χ3n) is 4.85. The third kappa shape index (κ3) is 4.90. The van der Waals surface area contributed by atoms with E-state index >= 15 is 0 Å². The van der Waals surface area contributed by atoms with E-state index in [1.807, 2.05) is 36.4 Å². The van der Waals surface area contributed by atoms with E-state index in [1.54, 1.807) is 41.9 Å². The van der Waals surface area contributed by atoms with Crippen LogP contribution in [0.15, 0.2) is 77.4 Å². The van der Waals surface area contributed by atoms with Gasteiger partial charge in [-0.2, -0.15) is 5.10 Å². The second-order valence-electron chi connectivity index (χ2n) is 7.21. The Morgan fingerprint density at radius 3 is 2.53 bits per heavy atom. The van der Waals surface area contributed by atoms with Crippen LogP contribution in [0.3, 0.4) is 0 Å². The summed E-state index contributed by atoms with van der Waals surface area (Å²) in [6, 6.07) is 20.2. The van der Waals surface area contributed by atoms with E-state index in [4.69, 9.17) is 16.0 Å². The zero-order valence-electron chi connectivity index (χ0n) is 17.3. The highest BCUT2D eigenvalue weighted by Crippen LogP contribution is 2.21. The zero-order chi connectivity index (χ0) is 22.5. The smallest absolute Gasteiger partial charge is 0.291 e. The van der Waals surface area contributed by atoms with Gasteiger partial charge < -0.3 is 15.1 Å². The Morgan fingerprint density at radius 1 is 1.00 bits per heavy atom. The van der Waals surface area contributed by atoms with Crippen LogP contribution in [0, 0.1) is 6.92 Å². The molecule has 2 amide bonds. The van der Waals surface area contributed by atoms with Gasteiger partial charge in [-0.25, -0.2) is 4.68 Å². The van der Waals surface area contributed by atoms with Crippen LogP contribution >= 0.6 is 11.6 Å². The molecule has 32 heavy (non-hydrogen) atoms. The summed E-state index contributed by atoms with van der Waals surface area (Å²) in [7, 11) is 0. The van der Waals surface area contributed by atoms with E-state index in [1.165, 1.54) is 6.26 Å². The number of carbonyl (C=O) groups is 2. The summed E-state index contributed by atoms with van der Waals surface area (Å²) in [5.74, 6) is -0.428. The quantitative estimate of drug-likeness (QED) is 0.430. The summed E-state index contributed by atoms with van der Waals surface area (Å²) in [4.78, 5) is 25.0. The van der Waals surface area contributed by atoms with Gasteiger partial charge in [0.25, 0.3) is 11.8 Å². The molecule has 0 spiro atoms. The molecule has 8 heteroatoms. The molecule has 0 aliphatic carbocycles. The minimum Gasteiger partial charge on any atom is -0.459 e. The van der Waals surface area contributed by atoms with Gasteiger partial charge in [0, 0.05) is 12.2 Å². The van der Waals surface area contributed by atoms with E-state index in [-0.39, 0.29) is 24.1 Å². The van der Waals surface area contributed by atoms with Gasteiger partial charge in [-0.1, -0.05) is 54.1 Å². The van der Waals surface area contributed by atoms with Crippen molar-refractivity contribution in [3.63, 3.8) is 0 Å². The molecule has 162 valence electrons. The average molecular weight is 449 g/mol. The number of anilines is 1. The molecule has 0 unspecified atom stereocenters. The molecule has 0 radical (unpaired) electrons. The number of hydrogen-bond acceptors (Lipinski definition) is 4. The van der Waals surface area contributed by atoms with E-state index in [2.05, 4.69) is 15.7 Å². The molecule has 7 nitrogen and oxygen atoms in total. The minimum atomic E-state index is -0.343. The van der Waals surface area contributed by atoms with E-state index in [0.29, 0.717) is 28.6 Å². The lowest BCUT2D eigenvalue weighted by atomic mass is 10.2. The van der Waals surface area contributed by atoms with Crippen LogP contribution in [0.25, 0.3) is 0 Å². The van der Waals surface area contributed by atoms with Crippen molar-refractivity contribution in [2.45, 2.75) is 20.0 Å². The molecule has 0 aliphatic rings. The summed E-state index contributed by atoms with van der Waals surface area (Å²) in [5.41, 5.74) is 3.37. The van der Waals surface area contributed by atoms with Gasteiger partial charge in [-0.3, -0.25) is 9.59 Å². The van der Waals surface area contributed by atoms with Crippen molar-refractivity contribution in [2.24, 2.45) is 0 Å². The molecule has 0 aliphatic heterocycles. The molecule has 0 atom stereocenters. The summed E-state index contributed by atoms with van der Waals surface area (Å²) >= 11 is 6.47. The molecular formula is C24H21ClN4O3. The van der Waals surface area contributed by atoms with E-state index < -0.39 is 0 Å². The highest BCUT2D eigenvalue weighted by atomic mass is 35.5. The van der Waals surface area contributed by atoms with Crippen LogP contribution in [-0.4, -0.2) is 21.6 Å². The molecule has 2 N–H and O–H groups in total. The van der Waals surface area contributed by atoms with Crippen LogP contribution in [0.1, 0.15) is 37.7 Å². The molecule has 2 aromatic carbocycles. The lowest BCUT2D eigenvalue weighted by Gasteiger charge is -2.08. The Morgan fingerprint density at radius 2 is 1.78 bits per heavy atom. The highest BCUT2D eigenvalue weighted by Gasteiger charge is 2.20. The fraction of sp³-hybridized carbons (Fsp3) is 0.125. The lowest BCUT2D eigenvalue weighted by molar-refractivity contribution is 0.0949.